The Bertz CT molecular complexity index is 1680. The molecule has 0 saturated heterocycles. The van der Waals surface area contributed by atoms with Gasteiger partial charge in [-0.05, 0) is 54.4 Å². The minimum Gasteiger partial charge on any atom is -0.497 e. The molecule has 2 N–H and O–H groups in total. The van der Waals surface area contributed by atoms with Crippen molar-refractivity contribution in [3.05, 3.63) is 107 Å². The van der Waals surface area contributed by atoms with Gasteiger partial charge in [0.05, 0.1) is 31.0 Å². The number of methoxy groups -OCH3 is 1. The SMILES string of the molecule is COc1ccc(Cn2cc(C(=O)NC(Cc3ccc(-c4noc(-c5ccc(C)cc5)n4)c(F)c3)C(=O)O)cn2)cc1. The van der Waals surface area contributed by atoms with E-state index < -0.39 is 23.7 Å². The highest BCUT2D eigenvalue weighted by Crippen LogP contribution is 2.25. The zero-order valence-corrected chi connectivity index (χ0v) is 22.2. The summed E-state index contributed by atoms with van der Waals surface area (Å²) in [4.78, 5) is 29.0. The summed E-state index contributed by atoms with van der Waals surface area (Å²) in [5.41, 5.74) is 3.41. The predicted molar refractivity (Wildman–Crippen MR) is 147 cm³/mol. The first-order valence-corrected chi connectivity index (χ1v) is 12.7. The second-order valence-corrected chi connectivity index (χ2v) is 9.45. The topological polar surface area (TPSA) is 132 Å². The molecule has 0 bridgehead atoms. The first-order chi connectivity index (χ1) is 19.8. The van der Waals surface area contributed by atoms with Crippen LogP contribution in [-0.4, -0.2) is 50.1 Å². The molecule has 1 unspecified atom stereocenters. The van der Waals surface area contributed by atoms with Gasteiger partial charge in [-0.2, -0.15) is 10.1 Å². The molecule has 11 heteroatoms. The molecule has 0 radical (unpaired) electrons. The number of nitrogens with one attached hydrogen (secondary N) is 1. The van der Waals surface area contributed by atoms with Crippen molar-refractivity contribution < 1.29 is 28.3 Å². The van der Waals surface area contributed by atoms with Gasteiger partial charge in [0.25, 0.3) is 11.8 Å². The third-order valence-electron chi connectivity index (χ3n) is 6.44. The molecule has 0 aliphatic heterocycles. The van der Waals surface area contributed by atoms with Gasteiger partial charge in [0, 0.05) is 18.2 Å². The number of ether oxygens (including phenoxy) is 1. The number of halogens is 1. The van der Waals surface area contributed by atoms with E-state index in [4.69, 9.17) is 9.26 Å². The van der Waals surface area contributed by atoms with Crippen LogP contribution in [0.4, 0.5) is 4.39 Å². The Balaban J connectivity index is 1.24. The zero-order chi connectivity index (χ0) is 28.9. The van der Waals surface area contributed by atoms with E-state index in [1.165, 1.54) is 24.5 Å². The third-order valence-corrected chi connectivity index (χ3v) is 6.44. The average Bonchev–Trinajstić information content (AvgIpc) is 3.64. The monoisotopic (exact) mass is 555 g/mol. The van der Waals surface area contributed by atoms with Gasteiger partial charge in [-0.3, -0.25) is 9.48 Å². The maximum Gasteiger partial charge on any atom is 0.326 e. The van der Waals surface area contributed by atoms with Crippen molar-refractivity contribution in [2.45, 2.75) is 25.9 Å². The van der Waals surface area contributed by atoms with Crippen LogP contribution in [0.5, 0.6) is 5.75 Å². The molecule has 0 saturated carbocycles. The molecule has 5 aromatic rings. The number of amides is 1. The van der Waals surface area contributed by atoms with Crippen LogP contribution < -0.4 is 10.1 Å². The van der Waals surface area contributed by atoms with Gasteiger partial charge in [-0.25, -0.2) is 9.18 Å². The number of aryl methyl sites for hydroxylation is 1. The number of hydrogen-bond donors (Lipinski definition) is 2. The number of rotatable bonds is 10. The van der Waals surface area contributed by atoms with Crippen molar-refractivity contribution in [3.8, 4) is 28.6 Å². The number of aliphatic carboxylic acids is 1. The highest BCUT2D eigenvalue weighted by molar-refractivity contribution is 5.96. The van der Waals surface area contributed by atoms with Crippen LogP contribution in [0.1, 0.15) is 27.0 Å². The number of nitrogens with zero attached hydrogens (tertiary/aromatic N) is 4. The summed E-state index contributed by atoms with van der Waals surface area (Å²) < 4.78 is 27.0. The van der Waals surface area contributed by atoms with E-state index in [-0.39, 0.29) is 29.3 Å². The molecular formula is C30H26FN5O5. The van der Waals surface area contributed by atoms with E-state index >= 15 is 4.39 Å². The lowest BCUT2D eigenvalue weighted by Crippen LogP contribution is -2.42. The third kappa shape index (κ3) is 6.47. The Hall–Kier alpha value is -5.32. The molecule has 3 aromatic carbocycles. The smallest absolute Gasteiger partial charge is 0.326 e. The number of benzene rings is 3. The summed E-state index contributed by atoms with van der Waals surface area (Å²) in [6, 6.07) is 17.8. The molecule has 0 aliphatic carbocycles. The molecule has 0 fully saturated rings. The first kappa shape index (κ1) is 27.3. The van der Waals surface area contributed by atoms with Gasteiger partial charge in [0.2, 0.25) is 5.82 Å². The highest BCUT2D eigenvalue weighted by atomic mass is 19.1. The molecule has 2 heterocycles. The van der Waals surface area contributed by atoms with Gasteiger partial charge < -0.3 is 19.7 Å². The summed E-state index contributed by atoms with van der Waals surface area (Å²) in [6.45, 7) is 2.37. The van der Waals surface area contributed by atoms with Crippen molar-refractivity contribution in [1.29, 1.82) is 0 Å². The van der Waals surface area contributed by atoms with Crippen molar-refractivity contribution in [1.82, 2.24) is 25.2 Å². The molecule has 41 heavy (non-hydrogen) atoms. The van der Waals surface area contributed by atoms with Gasteiger partial charge in [0.1, 0.15) is 17.6 Å². The van der Waals surface area contributed by atoms with Gasteiger partial charge in [0.15, 0.2) is 0 Å². The van der Waals surface area contributed by atoms with E-state index in [0.717, 1.165) is 16.9 Å². The normalized spacial score (nSPS) is 11.7. The lowest BCUT2D eigenvalue weighted by molar-refractivity contribution is -0.139. The number of carboxylic acid groups (broad SMARTS) is 1. The maximum atomic E-state index is 15.0. The van der Waals surface area contributed by atoms with Crippen LogP contribution >= 0.6 is 0 Å². The number of aromatic nitrogens is 4. The van der Waals surface area contributed by atoms with Crippen LogP contribution in [0.2, 0.25) is 0 Å². The first-order valence-electron chi connectivity index (χ1n) is 12.7. The summed E-state index contributed by atoms with van der Waals surface area (Å²) in [5, 5.41) is 20.3. The van der Waals surface area contributed by atoms with E-state index in [9.17, 15) is 14.7 Å². The minimum atomic E-state index is -1.30. The second-order valence-electron chi connectivity index (χ2n) is 9.45. The van der Waals surface area contributed by atoms with Crippen LogP contribution in [0.25, 0.3) is 22.8 Å². The second kappa shape index (κ2) is 11.8. The standard InChI is InChI=1S/C30H26FN5O5/c1-18-3-8-21(9-4-18)29-34-27(35-41-29)24-12-7-20(13-25(24)31)14-26(30(38)39)33-28(37)22-15-32-36(17-22)16-19-5-10-23(40-2)11-6-19/h3-13,15,17,26H,14,16H2,1-2H3,(H,33,37)(H,38,39). The zero-order valence-electron chi connectivity index (χ0n) is 22.2. The van der Waals surface area contributed by atoms with Crippen molar-refractivity contribution in [2.24, 2.45) is 0 Å². The van der Waals surface area contributed by atoms with Gasteiger partial charge >= 0.3 is 5.97 Å². The fourth-order valence-corrected chi connectivity index (χ4v) is 4.18. The lowest BCUT2D eigenvalue weighted by atomic mass is 10.0. The van der Waals surface area contributed by atoms with E-state index in [1.54, 1.807) is 17.9 Å². The van der Waals surface area contributed by atoms with Crippen molar-refractivity contribution >= 4 is 11.9 Å². The van der Waals surface area contributed by atoms with Crippen LogP contribution in [-0.2, 0) is 17.8 Å². The Morgan fingerprint density at radius 1 is 1.07 bits per heavy atom. The van der Waals surface area contributed by atoms with E-state index in [2.05, 4.69) is 20.6 Å². The number of carboxylic acids is 1. The van der Waals surface area contributed by atoms with Crippen LogP contribution in [0.3, 0.4) is 0 Å². The minimum absolute atomic E-state index is 0.0689. The largest absolute Gasteiger partial charge is 0.497 e. The summed E-state index contributed by atoms with van der Waals surface area (Å²) >= 11 is 0. The Morgan fingerprint density at radius 3 is 2.49 bits per heavy atom. The van der Waals surface area contributed by atoms with E-state index in [0.29, 0.717) is 17.7 Å². The predicted octanol–water partition coefficient (Wildman–Crippen LogP) is 4.53. The average molecular weight is 556 g/mol. The quantitative estimate of drug-likeness (QED) is 0.257. The van der Waals surface area contributed by atoms with Crippen molar-refractivity contribution in [2.75, 3.05) is 7.11 Å². The maximum absolute atomic E-state index is 15.0. The highest BCUT2D eigenvalue weighted by Gasteiger charge is 2.23. The Labute approximate surface area is 234 Å². The molecule has 2 aromatic heterocycles. The number of hydrogen-bond acceptors (Lipinski definition) is 7. The van der Waals surface area contributed by atoms with Gasteiger partial charge in [-0.15, -0.1) is 0 Å². The number of carbonyl (C=O) groups is 2. The molecule has 1 atom stereocenters. The summed E-state index contributed by atoms with van der Waals surface area (Å²) in [7, 11) is 1.58. The Kier molecular flexibility index (Phi) is 7.86. The molecule has 208 valence electrons. The van der Waals surface area contributed by atoms with Crippen LogP contribution in [0.15, 0.2) is 83.6 Å². The molecular weight excluding hydrogens is 529 g/mol. The molecule has 1 amide bonds. The fraction of sp³-hybridized carbons (Fsp3) is 0.167. The molecule has 10 nitrogen and oxygen atoms in total. The van der Waals surface area contributed by atoms with E-state index in [1.807, 2.05) is 55.5 Å². The molecule has 5 rings (SSSR count). The summed E-state index contributed by atoms with van der Waals surface area (Å²) in [6.07, 6.45) is 2.75. The fourth-order valence-electron chi connectivity index (χ4n) is 4.18. The lowest BCUT2D eigenvalue weighted by Gasteiger charge is -2.14. The Morgan fingerprint density at radius 2 is 1.80 bits per heavy atom. The van der Waals surface area contributed by atoms with Crippen molar-refractivity contribution in [3.63, 3.8) is 0 Å². The molecule has 0 spiro atoms. The summed E-state index contributed by atoms with van der Waals surface area (Å²) in [5.74, 6) is -1.45. The number of carbonyl (C=O) groups excluding carboxylic acids is 1. The van der Waals surface area contributed by atoms with Gasteiger partial charge in [-0.1, -0.05) is 41.1 Å². The molecule has 0 aliphatic rings. The van der Waals surface area contributed by atoms with Crippen LogP contribution in [0, 0.1) is 12.7 Å².